The van der Waals surface area contributed by atoms with Crippen molar-refractivity contribution in [3.05, 3.63) is 190 Å². The molecule has 2 saturated carbocycles. The monoisotopic (exact) mass is 1090 g/mol. The van der Waals surface area contributed by atoms with Crippen molar-refractivity contribution < 1.29 is 79.7 Å². The lowest BCUT2D eigenvalue weighted by Crippen LogP contribution is -2.82. The number of benzene rings is 5. The SMILES string of the molecule is [3H]C(C(=O)O[C@H]1C[C@H]2OC[C@@]2(OC(C)=O)[C@H]2[C@H](OC(=O)c3ccccc3)[C@]3(O)C[C@H](OC(=O)[C@H](O)[C@@H](NC(=O)c4ccccc4)c4ccccc4)C(C)=C([C@@H](OC(C)=O)C(=O)[C@]12C)C3(C)C)C([3H])c1ccc(C(=O)c2ccccc2)cc1. The number of aryl methyl sites for hydroxylation is 1. The lowest BCUT2D eigenvalue weighted by atomic mass is 9.44. The van der Waals surface area contributed by atoms with Crippen molar-refractivity contribution in [3.8, 4) is 0 Å². The number of ether oxygens (including phenoxy) is 6. The number of fused-ring (bicyclic) bond motifs is 5. The number of hydrogen-bond donors (Lipinski definition) is 3. The highest BCUT2D eigenvalue weighted by Gasteiger charge is 2.79. The number of aliphatic hydroxyl groups is 2. The number of ketones is 2. The van der Waals surface area contributed by atoms with Crippen molar-refractivity contribution in [2.24, 2.45) is 16.7 Å². The third kappa shape index (κ3) is 10.5. The molecule has 1 saturated heterocycles. The smallest absolute Gasteiger partial charge is 0.338 e. The van der Waals surface area contributed by atoms with Gasteiger partial charge in [0.1, 0.15) is 30.0 Å². The fraction of sp³-hybridized carbons (Fsp3) is 0.365. The molecule has 0 spiro atoms. The average Bonchev–Trinajstić information content (AvgIpc) is 3.20. The Bertz CT molecular complexity index is 3310. The lowest BCUT2D eigenvalue weighted by Gasteiger charge is -2.67. The van der Waals surface area contributed by atoms with Crippen molar-refractivity contribution in [3.63, 3.8) is 0 Å². The van der Waals surface area contributed by atoms with E-state index in [2.05, 4.69) is 5.32 Å². The summed E-state index contributed by atoms with van der Waals surface area (Å²) >= 11 is 0. The standard InChI is InChI=1S/C63H63NO16/c1-36-45(77-59(73)52(69)50(40-19-11-7-12-20-40)64-57(71)43-23-15-9-16-24-43)34-63(74)56(79-58(72)44-25-17-10-18-26-44)54-61(6,55(70)53(76-37(2)65)49(36)60(63,4)5)46(33-47-62(54,35-75-47)80-38(3)66)78-48(67)32-29-39-27-30-42(31-28-39)51(68)41-21-13-8-14-22-41/h7-28,30-31,45-47,50,52-54,56,69,74H,29,32-35H2,1-6H3,(H,64,71)/t45-,46-,47+,50-,52+,53+,54-,56-,61+,62-,63+/m0/s1/i29T,32T/t29?,32?,45-,46-,47+,50-,52+,53+,54-,56-,61+,62-,63+. The van der Waals surface area contributed by atoms with Crippen molar-refractivity contribution in [1.29, 1.82) is 0 Å². The minimum Gasteiger partial charge on any atom is -0.461 e. The summed E-state index contributed by atoms with van der Waals surface area (Å²) in [5.41, 5.74) is -7.38. The number of carbonyl (C=O) groups excluding carboxylic acids is 8. The third-order valence-corrected chi connectivity index (χ3v) is 16.3. The summed E-state index contributed by atoms with van der Waals surface area (Å²) in [6, 6.07) is 36.8. The Hall–Kier alpha value is -8.12. The predicted octanol–water partition coefficient (Wildman–Crippen LogP) is 7.15. The first kappa shape index (κ1) is 53.9. The Kier molecular flexibility index (Phi) is 15.2. The number of esters is 5. The van der Waals surface area contributed by atoms with Crippen LogP contribution >= 0.6 is 0 Å². The summed E-state index contributed by atoms with van der Waals surface area (Å²) in [7, 11) is 0. The zero-order valence-corrected chi connectivity index (χ0v) is 44.9. The molecule has 416 valence electrons. The van der Waals surface area contributed by atoms with E-state index in [1.807, 2.05) is 0 Å². The second-order valence-electron chi connectivity index (χ2n) is 21.4. The Morgan fingerprint density at radius 1 is 0.725 bits per heavy atom. The summed E-state index contributed by atoms with van der Waals surface area (Å²) < 4.78 is 55.6. The van der Waals surface area contributed by atoms with Gasteiger partial charge in [-0.1, -0.05) is 135 Å². The number of Topliss-reactive ketones (excluding diaryl/α,β-unsaturated/α-hetero) is 1. The van der Waals surface area contributed by atoms with Gasteiger partial charge in [-0.3, -0.25) is 28.8 Å². The average molecular weight is 1090 g/mol. The summed E-state index contributed by atoms with van der Waals surface area (Å²) in [4.78, 5) is 114. The number of hydrogen-bond acceptors (Lipinski definition) is 16. The van der Waals surface area contributed by atoms with E-state index in [0.29, 0.717) is 16.7 Å². The molecule has 5 aromatic carbocycles. The first-order valence-electron chi connectivity index (χ1n) is 27.4. The molecule has 0 radical (unpaired) electrons. The molecule has 2 bridgehead atoms. The van der Waals surface area contributed by atoms with Crippen molar-refractivity contribution in [1.82, 2.24) is 5.32 Å². The maximum atomic E-state index is 16.4. The van der Waals surface area contributed by atoms with Gasteiger partial charge in [0.2, 0.25) is 0 Å². The van der Waals surface area contributed by atoms with E-state index in [1.54, 1.807) is 109 Å². The largest absolute Gasteiger partial charge is 0.461 e. The summed E-state index contributed by atoms with van der Waals surface area (Å²) in [5.74, 6) is -9.23. The highest BCUT2D eigenvalue weighted by molar-refractivity contribution is 6.09. The molecule has 3 aliphatic carbocycles. The van der Waals surface area contributed by atoms with Crippen LogP contribution in [0.1, 0.15) is 117 Å². The van der Waals surface area contributed by atoms with Crippen LogP contribution in [0.2, 0.25) is 0 Å². The molecule has 13 atom stereocenters. The van der Waals surface area contributed by atoms with Crippen molar-refractivity contribution >= 4 is 47.3 Å². The van der Waals surface area contributed by atoms with Gasteiger partial charge in [-0.15, -0.1) is 0 Å². The summed E-state index contributed by atoms with van der Waals surface area (Å²) in [6.45, 7) is 7.51. The van der Waals surface area contributed by atoms with Gasteiger partial charge in [0.05, 0.1) is 29.5 Å². The van der Waals surface area contributed by atoms with Gasteiger partial charge in [0, 0.05) is 57.9 Å². The molecule has 3 fully saturated rings. The Balaban J connectivity index is 1.15. The van der Waals surface area contributed by atoms with Crippen LogP contribution in [-0.4, -0.2) is 112 Å². The maximum Gasteiger partial charge on any atom is 0.338 e. The molecule has 0 aromatic heterocycles. The number of nitrogens with one attached hydrogen (secondary N) is 1. The first-order valence-corrected chi connectivity index (χ1v) is 26.2. The van der Waals surface area contributed by atoms with Gasteiger partial charge >= 0.3 is 29.8 Å². The molecule has 80 heavy (non-hydrogen) atoms. The fourth-order valence-corrected chi connectivity index (χ4v) is 12.2. The minimum absolute atomic E-state index is 0.0205. The van der Waals surface area contributed by atoms with E-state index in [0.717, 1.165) is 13.8 Å². The van der Waals surface area contributed by atoms with Crippen LogP contribution in [0.15, 0.2) is 157 Å². The zero-order chi connectivity index (χ0) is 59.1. The van der Waals surface area contributed by atoms with Gasteiger partial charge in [-0.25, -0.2) is 9.59 Å². The molecule has 1 heterocycles. The fourth-order valence-electron chi connectivity index (χ4n) is 12.2. The molecule has 1 aliphatic heterocycles. The molecule has 4 aliphatic rings. The number of rotatable bonds is 16. The number of aliphatic hydroxyl groups excluding tert-OH is 1. The third-order valence-electron chi connectivity index (χ3n) is 16.3. The summed E-state index contributed by atoms with van der Waals surface area (Å²) in [5, 5.41) is 28.9. The van der Waals surface area contributed by atoms with Crippen molar-refractivity contribution in [2.45, 2.75) is 121 Å². The van der Waals surface area contributed by atoms with E-state index in [1.165, 1.54) is 64.1 Å². The van der Waals surface area contributed by atoms with Crippen LogP contribution in [-0.2, 0) is 58.8 Å². The van der Waals surface area contributed by atoms with Crippen LogP contribution in [0.3, 0.4) is 0 Å². The van der Waals surface area contributed by atoms with Gasteiger partial charge in [0.25, 0.3) is 5.91 Å². The normalized spacial score (nSPS) is 28.3. The lowest BCUT2D eigenvalue weighted by molar-refractivity contribution is -0.346. The molecular weight excluding hydrogens is 1030 g/mol. The molecule has 9 rings (SSSR count). The molecule has 3 N–H and O–H groups in total. The van der Waals surface area contributed by atoms with Crippen molar-refractivity contribution in [2.75, 3.05) is 6.61 Å². The second-order valence-corrected chi connectivity index (χ2v) is 21.4. The van der Waals surface area contributed by atoms with Crippen LogP contribution in [0, 0.1) is 16.7 Å². The first-order chi connectivity index (χ1) is 38.9. The minimum atomic E-state index is -2.58. The summed E-state index contributed by atoms with van der Waals surface area (Å²) in [6.07, 6.45) is -15.5. The van der Waals surface area contributed by atoms with E-state index >= 15 is 4.79 Å². The quantitative estimate of drug-likeness (QED) is 0.0384. The van der Waals surface area contributed by atoms with Gasteiger partial charge in [0.15, 0.2) is 29.4 Å². The molecule has 5 aromatic rings. The van der Waals surface area contributed by atoms with Crippen LogP contribution < -0.4 is 5.32 Å². The molecule has 17 nitrogen and oxygen atoms in total. The number of amides is 1. The Labute approximate surface area is 465 Å². The molecular formula is C63H63NO16. The highest BCUT2D eigenvalue weighted by atomic mass is 16.6. The van der Waals surface area contributed by atoms with Crippen LogP contribution in [0.4, 0.5) is 0 Å². The predicted molar refractivity (Wildman–Crippen MR) is 286 cm³/mol. The van der Waals surface area contributed by atoms with Gasteiger partial charge < -0.3 is 44.0 Å². The van der Waals surface area contributed by atoms with Crippen LogP contribution in [0.5, 0.6) is 0 Å². The zero-order valence-electron chi connectivity index (χ0n) is 46.9. The highest BCUT2D eigenvalue weighted by Crippen LogP contribution is 2.65. The van der Waals surface area contributed by atoms with Crippen LogP contribution in [0.25, 0.3) is 0 Å². The van der Waals surface area contributed by atoms with E-state index < -0.39 is 144 Å². The second kappa shape index (κ2) is 22.6. The van der Waals surface area contributed by atoms with E-state index in [-0.39, 0.29) is 33.6 Å². The Morgan fingerprint density at radius 2 is 1.29 bits per heavy atom. The Morgan fingerprint density at radius 3 is 1.85 bits per heavy atom. The molecule has 2 unspecified atom stereocenters. The molecule has 1 amide bonds. The molecule has 17 heteroatoms. The van der Waals surface area contributed by atoms with E-state index in [4.69, 9.17) is 31.2 Å². The topological polar surface area (TPSA) is 244 Å². The number of carbonyl (C=O) groups is 8. The van der Waals surface area contributed by atoms with Gasteiger partial charge in [-0.05, 0) is 66.8 Å². The van der Waals surface area contributed by atoms with Gasteiger partial charge in [-0.2, -0.15) is 0 Å². The van der Waals surface area contributed by atoms with E-state index in [9.17, 15) is 43.8 Å². The maximum absolute atomic E-state index is 16.4.